The lowest BCUT2D eigenvalue weighted by atomic mass is 9.84. The molecule has 2 nitrogen and oxygen atoms in total. The zero-order valence-electron chi connectivity index (χ0n) is 13.3. The van der Waals surface area contributed by atoms with Gasteiger partial charge in [0.15, 0.2) is 0 Å². The maximum absolute atomic E-state index is 3.78. The summed E-state index contributed by atoms with van der Waals surface area (Å²) in [5.74, 6) is 0.919. The van der Waals surface area contributed by atoms with Crippen LogP contribution in [0.25, 0.3) is 10.9 Å². The van der Waals surface area contributed by atoms with E-state index in [1.54, 1.807) is 11.3 Å². The van der Waals surface area contributed by atoms with Gasteiger partial charge in [-0.15, -0.1) is 0 Å². The fourth-order valence-electron chi connectivity index (χ4n) is 4.93. The van der Waals surface area contributed by atoms with Crippen molar-refractivity contribution in [1.29, 1.82) is 0 Å². The fraction of sp³-hybridized carbons (Fsp3) is 0.579. The zero-order chi connectivity index (χ0) is 14.4. The van der Waals surface area contributed by atoms with Crippen molar-refractivity contribution in [1.82, 2.24) is 4.98 Å². The van der Waals surface area contributed by atoms with Crippen LogP contribution in [0.2, 0.25) is 0 Å². The summed E-state index contributed by atoms with van der Waals surface area (Å²) in [5.41, 5.74) is 4.81. The summed E-state index contributed by atoms with van der Waals surface area (Å²) in [4.78, 5) is 5.61. The number of hydrogen-bond acceptors (Lipinski definition) is 0. The van der Waals surface area contributed by atoms with Crippen molar-refractivity contribution in [2.45, 2.75) is 51.5 Å². The molecule has 2 aliphatic rings. The van der Waals surface area contributed by atoms with Crippen molar-refractivity contribution < 1.29 is 4.90 Å². The second-order valence-corrected chi connectivity index (χ2v) is 7.38. The first-order valence-electron chi connectivity index (χ1n) is 8.67. The van der Waals surface area contributed by atoms with E-state index in [0.29, 0.717) is 5.54 Å². The molecule has 0 bridgehead atoms. The minimum absolute atomic E-state index is 0.324. The molecule has 0 saturated carbocycles. The Kier molecular flexibility index (Phi) is 3.11. The van der Waals surface area contributed by atoms with Crippen LogP contribution < -0.4 is 4.90 Å². The highest BCUT2D eigenvalue weighted by molar-refractivity contribution is 5.85. The van der Waals surface area contributed by atoms with Gasteiger partial charge in [-0.25, -0.2) is 0 Å². The number of para-hydroxylation sites is 1. The predicted octanol–water partition coefficient (Wildman–Crippen LogP) is 3.03. The summed E-state index contributed by atoms with van der Waals surface area (Å²) < 4.78 is 0. The Bertz CT molecular complexity index is 657. The summed E-state index contributed by atoms with van der Waals surface area (Å²) in [6.45, 7) is 7.51. The van der Waals surface area contributed by atoms with E-state index in [0.717, 1.165) is 5.92 Å². The number of unbranched alkanes of at least 4 members (excludes halogenated alkanes) is 1. The average Bonchev–Trinajstić information content (AvgIpc) is 3.03. The summed E-state index contributed by atoms with van der Waals surface area (Å²) in [7, 11) is 0. The highest BCUT2D eigenvalue weighted by Gasteiger charge is 2.51. The van der Waals surface area contributed by atoms with Crippen LogP contribution in [0.4, 0.5) is 0 Å². The Morgan fingerprint density at radius 1 is 1.33 bits per heavy atom. The first-order chi connectivity index (χ1) is 10.2. The molecule has 0 radical (unpaired) electrons. The summed E-state index contributed by atoms with van der Waals surface area (Å²) in [6, 6.07) is 8.86. The summed E-state index contributed by atoms with van der Waals surface area (Å²) >= 11 is 0. The van der Waals surface area contributed by atoms with Gasteiger partial charge in [0.05, 0.1) is 18.8 Å². The first kappa shape index (κ1) is 13.4. The van der Waals surface area contributed by atoms with E-state index in [-0.39, 0.29) is 0 Å². The van der Waals surface area contributed by atoms with Crippen molar-refractivity contribution in [3.63, 3.8) is 0 Å². The number of fused-ring (bicyclic) bond motifs is 5. The Labute approximate surface area is 127 Å². The monoisotopic (exact) mass is 283 g/mol. The molecule has 1 saturated heterocycles. The van der Waals surface area contributed by atoms with Crippen molar-refractivity contribution in [2.24, 2.45) is 5.92 Å². The van der Waals surface area contributed by atoms with E-state index in [9.17, 15) is 0 Å². The smallest absolute Gasteiger partial charge is 0.136 e. The molecule has 2 heteroatoms. The standard InChI is InChI=1S/C19H26N2/c1-3-4-7-14-12-19(2)18-16(10-11-21(19)13-14)15-8-5-6-9-17(15)20-18/h5-6,8-9,14,20H,3-4,7,10-13H2,1-2H3/p+1/t14-,19+/m1/s1. The van der Waals surface area contributed by atoms with Gasteiger partial charge in [-0.2, -0.15) is 0 Å². The summed E-state index contributed by atoms with van der Waals surface area (Å²) in [6.07, 6.45) is 6.76. The lowest BCUT2D eigenvalue weighted by Gasteiger charge is -2.36. The SMILES string of the molecule is CCCC[C@H]1C[NH+]2CCc3c([nH]c4ccccc34)[C@]2(C)C1. The Hall–Kier alpha value is -1.28. The maximum Gasteiger partial charge on any atom is 0.136 e. The molecule has 1 aromatic heterocycles. The second-order valence-electron chi connectivity index (χ2n) is 7.38. The van der Waals surface area contributed by atoms with Crippen molar-refractivity contribution in [2.75, 3.05) is 13.1 Å². The van der Waals surface area contributed by atoms with Crippen LogP contribution in [0.3, 0.4) is 0 Å². The van der Waals surface area contributed by atoms with E-state index in [4.69, 9.17) is 0 Å². The van der Waals surface area contributed by atoms with Crippen molar-refractivity contribution in [3.05, 3.63) is 35.5 Å². The van der Waals surface area contributed by atoms with E-state index < -0.39 is 0 Å². The van der Waals surface area contributed by atoms with Gasteiger partial charge in [0.1, 0.15) is 5.54 Å². The maximum atomic E-state index is 3.78. The predicted molar refractivity (Wildman–Crippen MR) is 87.7 cm³/mol. The van der Waals surface area contributed by atoms with E-state index in [2.05, 4.69) is 43.1 Å². The molecule has 21 heavy (non-hydrogen) atoms. The lowest BCUT2D eigenvalue weighted by Crippen LogP contribution is -3.17. The number of nitrogens with one attached hydrogen (secondary N) is 2. The molecular formula is C19H27N2+. The molecule has 0 aliphatic carbocycles. The fourth-order valence-corrected chi connectivity index (χ4v) is 4.93. The largest absolute Gasteiger partial charge is 0.353 e. The number of aromatic amines is 1. The molecule has 3 atom stereocenters. The average molecular weight is 283 g/mol. The van der Waals surface area contributed by atoms with E-state index in [1.165, 1.54) is 56.1 Å². The highest BCUT2D eigenvalue weighted by Crippen LogP contribution is 2.38. The molecule has 1 fully saturated rings. The molecule has 3 heterocycles. The van der Waals surface area contributed by atoms with Crippen LogP contribution in [0, 0.1) is 5.92 Å². The zero-order valence-corrected chi connectivity index (χ0v) is 13.3. The van der Waals surface area contributed by atoms with Gasteiger partial charge in [0.2, 0.25) is 0 Å². The molecule has 2 aromatic rings. The van der Waals surface area contributed by atoms with Gasteiger partial charge in [0.25, 0.3) is 0 Å². The van der Waals surface area contributed by atoms with E-state index in [1.807, 2.05) is 4.90 Å². The van der Waals surface area contributed by atoms with Gasteiger partial charge >= 0.3 is 0 Å². The molecule has 0 amide bonds. The Morgan fingerprint density at radius 3 is 3.05 bits per heavy atom. The normalized spacial score (nSPS) is 31.3. The number of H-pyrrole nitrogens is 1. The van der Waals surface area contributed by atoms with E-state index >= 15 is 0 Å². The Morgan fingerprint density at radius 2 is 2.19 bits per heavy atom. The van der Waals surface area contributed by atoms with Gasteiger partial charge in [0, 0.05) is 29.7 Å². The van der Waals surface area contributed by atoms with Gasteiger partial charge in [-0.1, -0.05) is 38.0 Å². The molecule has 4 rings (SSSR count). The topological polar surface area (TPSA) is 20.2 Å². The molecule has 0 spiro atoms. The van der Waals surface area contributed by atoms with Gasteiger partial charge in [-0.3, -0.25) is 0 Å². The third-order valence-electron chi connectivity index (χ3n) is 6.02. The molecule has 2 aliphatic heterocycles. The number of rotatable bonds is 3. The molecule has 112 valence electrons. The lowest BCUT2D eigenvalue weighted by molar-refractivity contribution is -0.948. The van der Waals surface area contributed by atoms with Crippen molar-refractivity contribution in [3.8, 4) is 0 Å². The van der Waals surface area contributed by atoms with Crippen LogP contribution in [0.15, 0.2) is 24.3 Å². The first-order valence-corrected chi connectivity index (χ1v) is 8.67. The minimum Gasteiger partial charge on any atom is -0.353 e. The van der Waals surface area contributed by atoms with Gasteiger partial charge < -0.3 is 9.88 Å². The van der Waals surface area contributed by atoms with Crippen LogP contribution >= 0.6 is 0 Å². The van der Waals surface area contributed by atoms with Gasteiger partial charge in [-0.05, 0) is 25.0 Å². The third-order valence-corrected chi connectivity index (χ3v) is 6.02. The Balaban J connectivity index is 1.73. The van der Waals surface area contributed by atoms with Crippen molar-refractivity contribution >= 4 is 10.9 Å². The van der Waals surface area contributed by atoms with Crippen LogP contribution in [0.5, 0.6) is 0 Å². The number of quaternary nitrogens is 1. The minimum atomic E-state index is 0.324. The molecule has 2 N–H and O–H groups in total. The molecule has 1 unspecified atom stereocenters. The number of benzene rings is 1. The number of aromatic nitrogens is 1. The second kappa shape index (κ2) is 4.88. The third kappa shape index (κ3) is 1.96. The number of hydrogen-bond donors (Lipinski definition) is 2. The highest BCUT2D eigenvalue weighted by atomic mass is 15.2. The summed E-state index contributed by atoms with van der Waals surface area (Å²) in [5, 5.41) is 1.46. The van der Waals surface area contributed by atoms with Crippen LogP contribution in [-0.2, 0) is 12.0 Å². The molecule has 1 aromatic carbocycles. The molecular weight excluding hydrogens is 256 g/mol. The van der Waals surface area contributed by atoms with Crippen LogP contribution in [-0.4, -0.2) is 18.1 Å². The quantitative estimate of drug-likeness (QED) is 0.863. The van der Waals surface area contributed by atoms with Crippen LogP contribution in [0.1, 0.15) is 50.8 Å².